The molecule has 20 heavy (non-hydrogen) atoms. The predicted octanol–water partition coefficient (Wildman–Crippen LogP) is 3.76. The van der Waals surface area contributed by atoms with Crippen LogP contribution < -0.4 is 11.1 Å². The number of amides is 1. The van der Waals surface area contributed by atoms with Crippen LogP contribution in [-0.2, 0) is 0 Å². The average molecular weight is 297 g/mol. The first kappa shape index (κ1) is 14.3. The second-order valence-corrected chi connectivity index (χ2v) is 4.69. The Kier molecular flexibility index (Phi) is 3.90. The molecule has 0 fully saturated rings. The van der Waals surface area contributed by atoms with Gasteiger partial charge in [-0.15, -0.1) is 0 Å². The standard InChI is InChI=1S/C14H11ClF2N2O/c1-7-4-8(18)5-10(13(7)17)14(20)19-9-2-3-12(16)11(15)6-9/h2-6H,18H2,1H3,(H,19,20). The van der Waals surface area contributed by atoms with Gasteiger partial charge in [0.15, 0.2) is 0 Å². The summed E-state index contributed by atoms with van der Waals surface area (Å²) < 4.78 is 26.9. The van der Waals surface area contributed by atoms with Crippen LogP contribution in [0.2, 0.25) is 5.02 Å². The summed E-state index contributed by atoms with van der Waals surface area (Å²) in [4.78, 5) is 12.0. The van der Waals surface area contributed by atoms with Crippen LogP contribution in [0.1, 0.15) is 15.9 Å². The van der Waals surface area contributed by atoms with Gasteiger partial charge in [0.05, 0.1) is 10.6 Å². The highest BCUT2D eigenvalue weighted by Crippen LogP contribution is 2.22. The smallest absolute Gasteiger partial charge is 0.258 e. The molecular formula is C14H11ClF2N2O. The van der Waals surface area contributed by atoms with Gasteiger partial charge in [0.2, 0.25) is 0 Å². The lowest BCUT2D eigenvalue weighted by Gasteiger charge is -2.09. The van der Waals surface area contributed by atoms with Crippen molar-refractivity contribution in [2.24, 2.45) is 0 Å². The highest BCUT2D eigenvalue weighted by atomic mass is 35.5. The first-order valence-electron chi connectivity index (χ1n) is 5.70. The topological polar surface area (TPSA) is 55.1 Å². The van der Waals surface area contributed by atoms with E-state index in [0.29, 0.717) is 0 Å². The monoisotopic (exact) mass is 296 g/mol. The molecule has 0 heterocycles. The molecule has 0 atom stereocenters. The number of hydrogen-bond donors (Lipinski definition) is 2. The van der Waals surface area contributed by atoms with Crippen LogP contribution in [0.25, 0.3) is 0 Å². The van der Waals surface area contributed by atoms with Crippen molar-refractivity contribution >= 4 is 28.9 Å². The molecule has 3 N–H and O–H groups in total. The van der Waals surface area contributed by atoms with E-state index < -0.39 is 17.5 Å². The van der Waals surface area contributed by atoms with Gasteiger partial charge >= 0.3 is 0 Å². The number of nitrogen functional groups attached to an aromatic ring is 1. The zero-order chi connectivity index (χ0) is 14.9. The number of anilines is 2. The highest BCUT2D eigenvalue weighted by Gasteiger charge is 2.15. The van der Waals surface area contributed by atoms with Crippen molar-refractivity contribution in [2.75, 3.05) is 11.1 Å². The Morgan fingerprint density at radius 2 is 1.95 bits per heavy atom. The number of carbonyl (C=O) groups is 1. The summed E-state index contributed by atoms with van der Waals surface area (Å²) in [7, 11) is 0. The number of nitrogens with two attached hydrogens (primary N) is 1. The number of aryl methyl sites for hydroxylation is 1. The van der Waals surface area contributed by atoms with Crippen molar-refractivity contribution in [2.45, 2.75) is 6.92 Å². The maximum absolute atomic E-state index is 13.9. The van der Waals surface area contributed by atoms with E-state index in [9.17, 15) is 13.6 Å². The summed E-state index contributed by atoms with van der Waals surface area (Å²) >= 11 is 5.60. The molecule has 3 nitrogen and oxygen atoms in total. The summed E-state index contributed by atoms with van der Waals surface area (Å²) in [5.74, 6) is -1.93. The molecular weight excluding hydrogens is 286 g/mol. The SMILES string of the molecule is Cc1cc(N)cc(C(=O)Nc2ccc(F)c(Cl)c2)c1F. The average Bonchev–Trinajstić information content (AvgIpc) is 2.38. The van der Waals surface area contributed by atoms with Gasteiger partial charge in [-0.3, -0.25) is 4.79 Å². The Labute approximate surface area is 119 Å². The van der Waals surface area contributed by atoms with Crippen LogP contribution in [0, 0.1) is 18.6 Å². The predicted molar refractivity (Wildman–Crippen MR) is 74.9 cm³/mol. The van der Waals surface area contributed by atoms with E-state index in [1.165, 1.54) is 31.2 Å². The molecule has 0 aromatic heterocycles. The van der Waals surface area contributed by atoms with Gasteiger partial charge in [0.25, 0.3) is 5.91 Å². The number of hydrogen-bond acceptors (Lipinski definition) is 2. The van der Waals surface area contributed by atoms with Crippen LogP contribution in [0.3, 0.4) is 0 Å². The second kappa shape index (κ2) is 5.46. The number of halogens is 3. The van der Waals surface area contributed by atoms with Crippen LogP contribution >= 0.6 is 11.6 Å². The molecule has 0 spiro atoms. The van der Waals surface area contributed by atoms with Crippen LogP contribution in [-0.4, -0.2) is 5.91 Å². The number of benzene rings is 2. The van der Waals surface area contributed by atoms with E-state index >= 15 is 0 Å². The van der Waals surface area contributed by atoms with Gasteiger partial charge in [0.1, 0.15) is 11.6 Å². The summed E-state index contributed by atoms with van der Waals surface area (Å²) in [5.41, 5.74) is 6.23. The van der Waals surface area contributed by atoms with E-state index in [1.54, 1.807) is 0 Å². The molecule has 1 amide bonds. The van der Waals surface area contributed by atoms with Gasteiger partial charge in [-0.25, -0.2) is 8.78 Å². The lowest BCUT2D eigenvalue weighted by molar-refractivity contribution is 0.102. The van der Waals surface area contributed by atoms with Crippen molar-refractivity contribution in [1.82, 2.24) is 0 Å². The van der Waals surface area contributed by atoms with Gasteiger partial charge in [-0.2, -0.15) is 0 Å². The second-order valence-electron chi connectivity index (χ2n) is 4.28. The Bertz CT molecular complexity index is 689. The molecule has 0 aliphatic heterocycles. The fourth-order valence-corrected chi connectivity index (χ4v) is 1.92. The van der Waals surface area contributed by atoms with Crippen molar-refractivity contribution in [1.29, 1.82) is 0 Å². The summed E-state index contributed by atoms with van der Waals surface area (Å²) in [6, 6.07) is 6.35. The molecule has 0 unspecified atom stereocenters. The summed E-state index contributed by atoms with van der Waals surface area (Å²) in [5, 5.41) is 2.30. The van der Waals surface area contributed by atoms with Crippen LogP contribution in [0.5, 0.6) is 0 Å². The Balaban J connectivity index is 2.30. The zero-order valence-corrected chi connectivity index (χ0v) is 11.3. The van der Waals surface area contributed by atoms with E-state index in [4.69, 9.17) is 17.3 Å². The minimum Gasteiger partial charge on any atom is -0.399 e. The van der Waals surface area contributed by atoms with Gasteiger partial charge in [-0.05, 0) is 42.8 Å². The molecule has 2 aromatic carbocycles. The third-order valence-corrected chi connectivity index (χ3v) is 2.99. The van der Waals surface area contributed by atoms with Crippen LogP contribution in [0.4, 0.5) is 20.2 Å². The number of nitrogens with one attached hydrogen (secondary N) is 1. The fraction of sp³-hybridized carbons (Fsp3) is 0.0714. The maximum atomic E-state index is 13.9. The van der Waals surface area contributed by atoms with Gasteiger partial charge in [0, 0.05) is 11.4 Å². The van der Waals surface area contributed by atoms with E-state index in [1.807, 2.05) is 0 Å². The molecule has 0 bridgehead atoms. The number of rotatable bonds is 2. The Morgan fingerprint density at radius 3 is 2.60 bits per heavy atom. The molecule has 0 aliphatic carbocycles. The third kappa shape index (κ3) is 2.88. The first-order valence-corrected chi connectivity index (χ1v) is 6.08. The minimum atomic E-state index is -0.680. The Morgan fingerprint density at radius 1 is 1.25 bits per heavy atom. The van der Waals surface area contributed by atoms with Gasteiger partial charge < -0.3 is 11.1 Å². The van der Waals surface area contributed by atoms with Crippen molar-refractivity contribution in [3.63, 3.8) is 0 Å². The van der Waals surface area contributed by atoms with Crippen molar-refractivity contribution in [3.8, 4) is 0 Å². The number of carbonyl (C=O) groups excluding carboxylic acids is 1. The zero-order valence-electron chi connectivity index (χ0n) is 10.5. The van der Waals surface area contributed by atoms with Crippen molar-refractivity contribution < 1.29 is 13.6 Å². The lowest BCUT2D eigenvalue weighted by Crippen LogP contribution is -2.15. The molecule has 2 rings (SSSR count). The fourth-order valence-electron chi connectivity index (χ4n) is 1.74. The lowest BCUT2D eigenvalue weighted by atomic mass is 10.1. The van der Waals surface area contributed by atoms with Gasteiger partial charge in [-0.1, -0.05) is 11.6 Å². The molecule has 0 radical (unpaired) electrons. The molecule has 0 saturated heterocycles. The summed E-state index contributed by atoms with van der Waals surface area (Å²) in [6.07, 6.45) is 0. The summed E-state index contributed by atoms with van der Waals surface area (Å²) in [6.45, 7) is 1.51. The normalized spacial score (nSPS) is 10.4. The van der Waals surface area contributed by atoms with E-state index in [2.05, 4.69) is 5.32 Å². The van der Waals surface area contributed by atoms with Crippen LogP contribution in [0.15, 0.2) is 30.3 Å². The quantitative estimate of drug-likeness (QED) is 0.829. The van der Waals surface area contributed by atoms with Crippen molar-refractivity contribution in [3.05, 3.63) is 58.1 Å². The minimum absolute atomic E-state index is 0.132. The van der Waals surface area contributed by atoms with E-state index in [0.717, 1.165) is 6.07 Å². The van der Waals surface area contributed by atoms with E-state index in [-0.39, 0.29) is 27.5 Å². The molecule has 0 aliphatic rings. The molecule has 2 aromatic rings. The molecule has 6 heteroatoms. The maximum Gasteiger partial charge on any atom is 0.258 e. The first-order chi connectivity index (χ1) is 9.38. The largest absolute Gasteiger partial charge is 0.399 e. The Hall–Kier alpha value is -2.14. The molecule has 104 valence electrons. The third-order valence-electron chi connectivity index (χ3n) is 2.70. The highest BCUT2D eigenvalue weighted by molar-refractivity contribution is 6.31. The molecule has 0 saturated carbocycles.